The second-order valence-corrected chi connectivity index (χ2v) is 7.57. The van der Waals surface area contributed by atoms with Crippen LogP contribution in [-0.4, -0.2) is 19.0 Å². The van der Waals surface area contributed by atoms with Crippen LogP contribution in [0.15, 0.2) is 107 Å². The molecule has 2 nitrogen and oxygen atoms in total. The molecule has 0 N–H and O–H groups in total. The Kier molecular flexibility index (Phi) is 6.18. The number of hydrogen-bond acceptors (Lipinski definition) is 2. The van der Waals surface area contributed by atoms with Crippen molar-refractivity contribution in [1.82, 2.24) is 0 Å². The van der Waals surface area contributed by atoms with Crippen LogP contribution < -0.4 is 0 Å². The van der Waals surface area contributed by atoms with Crippen molar-refractivity contribution in [1.29, 1.82) is 0 Å². The Morgan fingerprint density at radius 1 is 0.710 bits per heavy atom. The fourth-order valence-corrected chi connectivity index (χ4v) is 3.93. The highest BCUT2D eigenvalue weighted by molar-refractivity contribution is 6.41. The quantitative estimate of drug-likeness (QED) is 0.248. The zero-order valence-corrected chi connectivity index (χ0v) is 18.2. The average molecular weight is 403 g/mol. The Bertz CT molecular complexity index is 1290. The van der Waals surface area contributed by atoms with Crippen molar-refractivity contribution in [2.24, 2.45) is 9.98 Å². The lowest BCUT2D eigenvalue weighted by atomic mass is 9.96. The molecule has 4 rings (SSSR count). The molecular weight excluding hydrogens is 376 g/mol. The van der Waals surface area contributed by atoms with Crippen molar-refractivity contribution in [2.45, 2.75) is 13.8 Å². The van der Waals surface area contributed by atoms with E-state index in [0.29, 0.717) is 0 Å². The summed E-state index contributed by atoms with van der Waals surface area (Å²) in [6.45, 7) is 4.29. The minimum Gasteiger partial charge on any atom is -0.294 e. The van der Waals surface area contributed by atoms with Crippen molar-refractivity contribution < 1.29 is 0 Å². The summed E-state index contributed by atoms with van der Waals surface area (Å²) in [7, 11) is 1.79. The Labute approximate surface area is 184 Å². The minimum atomic E-state index is 0.853. The summed E-state index contributed by atoms with van der Waals surface area (Å²) in [6.07, 6.45) is 1.86. The number of benzene rings is 4. The molecule has 0 aliphatic rings. The molecule has 0 spiro atoms. The summed E-state index contributed by atoms with van der Waals surface area (Å²) >= 11 is 0. The summed E-state index contributed by atoms with van der Waals surface area (Å²) in [4.78, 5) is 9.56. The molecule has 0 saturated heterocycles. The monoisotopic (exact) mass is 402 g/mol. The molecule has 4 aromatic carbocycles. The Morgan fingerprint density at radius 3 is 2.13 bits per heavy atom. The van der Waals surface area contributed by atoms with Crippen LogP contribution in [0.5, 0.6) is 0 Å². The first-order chi connectivity index (χ1) is 15.2. The van der Waals surface area contributed by atoms with Gasteiger partial charge in [0.05, 0.1) is 11.4 Å². The Morgan fingerprint density at radius 2 is 1.35 bits per heavy atom. The molecule has 0 aliphatic carbocycles. The van der Waals surface area contributed by atoms with Crippen LogP contribution in [0.4, 0.5) is 0 Å². The van der Waals surface area contributed by atoms with Gasteiger partial charge < -0.3 is 0 Å². The number of rotatable bonds is 5. The first-order valence-electron chi connectivity index (χ1n) is 10.5. The van der Waals surface area contributed by atoms with Crippen LogP contribution in [0.1, 0.15) is 29.2 Å². The van der Waals surface area contributed by atoms with E-state index in [1.54, 1.807) is 7.05 Å². The summed E-state index contributed by atoms with van der Waals surface area (Å²) in [5.41, 5.74) is 7.56. The number of fused-ring (bicyclic) bond motifs is 1. The van der Waals surface area contributed by atoms with E-state index >= 15 is 0 Å². The zero-order valence-electron chi connectivity index (χ0n) is 18.2. The first kappa shape index (κ1) is 20.5. The van der Waals surface area contributed by atoms with Gasteiger partial charge in [-0.2, -0.15) is 0 Å². The summed E-state index contributed by atoms with van der Waals surface area (Å²) in [5.74, 6) is 0. The van der Waals surface area contributed by atoms with E-state index in [-0.39, 0.29) is 0 Å². The van der Waals surface area contributed by atoms with E-state index in [2.05, 4.69) is 110 Å². The van der Waals surface area contributed by atoms with Crippen molar-refractivity contribution in [3.05, 3.63) is 119 Å². The number of allylic oxidation sites excluding steroid dienone is 1. The van der Waals surface area contributed by atoms with E-state index in [9.17, 15) is 0 Å². The highest BCUT2D eigenvalue weighted by atomic mass is 14.8. The third kappa shape index (κ3) is 4.39. The van der Waals surface area contributed by atoms with E-state index in [1.807, 2.05) is 12.3 Å². The number of hydrogen-bond donors (Lipinski definition) is 0. The van der Waals surface area contributed by atoms with Crippen LogP contribution >= 0.6 is 0 Å². The summed E-state index contributed by atoms with van der Waals surface area (Å²) in [6, 6.07) is 33.6. The minimum absolute atomic E-state index is 0.853. The van der Waals surface area contributed by atoms with Gasteiger partial charge in [-0.3, -0.25) is 4.99 Å². The maximum Gasteiger partial charge on any atom is 0.0893 e. The van der Waals surface area contributed by atoms with E-state index in [4.69, 9.17) is 4.99 Å². The lowest BCUT2D eigenvalue weighted by Crippen LogP contribution is -2.05. The maximum atomic E-state index is 5.22. The summed E-state index contributed by atoms with van der Waals surface area (Å²) in [5, 5.41) is 2.36. The third-order valence-corrected chi connectivity index (χ3v) is 5.50. The summed E-state index contributed by atoms with van der Waals surface area (Å²) < 4.78 is 0. The number of aryl methyl sites for hydroxylation is 1. The van der Waals surface area contributed by atoms with Gasteiger partial charge in [0.2, 0.25) is 0 Å². The SMILES string of the molecule is CN=CC(=N/C(=C(\C)c1ccccc1C)c1ccccc1)c1cccc2ccccc12. The molecule has 31 heavy (non-hydrogen) atoms. The molecule has 4 aromatic rings. The molecular formula is C29H26N2. The Hall–Kier alpha value is -3.78. The fraction of sp³-hybridized carbons (Fsp3) is 0.103. The molecule has 0 aliphatic heterocycles. The topological polar surface area (TPSA) is 24.7 Å². The van der Waals surface area contributed by atoms with Gasteiger partial charge in [0, 0.05) is 24.4 Å². The molecule has 0 bridgehead atoms. The van der Waals surface area contributed by atoms with Gasteiger partial charge in [-0.1, -0.05) is 97.1 Å². The maximum absolute atomic E-state index is 5.22. The molecule has 0 amide bonds. The van der Waals surface area contributed by atoms with E-state index in [1.165, 1.54) is 21.9 Å². The molecule has 0 heterocycles. The second kappa shape index (κ2) is 9.36. The predicted octanol–water partition coefficient (Wildman–Crippen LogP) is 7.23. The van der Waals surface area contributed by atoms with Crippen LogP contribution in [0.25, 0.3) is 22.0 Å². The fourth-order valence-electron chi connectivity index (χ4n) is 3.93. The predicted molar refractivity (Wildman–Crippen MR) is 135 cm³/mol. The lowest BCUT2D eigenvalue weighted by Gasteiger charge is -2.14. The van der Waals surface area contributed by atoms with E-state index in [0.717, 1.165) is 28.1 Å². The Balaban J connectivity index is 2.00. The molecule has 0 unspecified atom stereocenters. The third-order valence-electron chi connectivity index (χ3n) is 5.50. The first-order valence-corrected chi connectivity index (χ1v) is 10.5. The standard InChI is InChI=1S/C29H26N2/c1-21-12-7-9-17-25(21)22(2)29(24-14-5-4-6-15-24)31-28(20-30-3)27-19-11-16-23-13-8-10-18-26(23)27/h4-20H,1-3H3/b29-22+,30-20?,31-28?. The molecule has 0 radical (unpaired) electrons. The van der Waals surface area contributed by atoms with Gasteiger partial charge >= 0.3 is 0 Å². The van der Waals surface area contributed by atoms with E-state index < -0.39 is 0 Å². The smallest absolute Gasteiger partial charge is 0.0893 e. The van der Waals surface area contributed by atoms with Crippen molar-refractivity contribution in [3.63, 3.8) is 0 Å². The van der Waals surface area contributed by atoms with Gasteiger partial charge in [0.25, 0.3) is 0 Å². The molecule has 0 saturated carbocycles. The normalized spacial score (nSPS) is 12.9. The van der Waals surface area contributed by atoms with Crippen LogP contribution in [0.2, 0.25) is 0 Å². The molecule has 0 aromatic heterocycles. The van der Waals surface area contributed by atoms with Gasteiger partial charge in [-0.05, 0) is 41.3 Å². The van der Waals surface area contributed by atoms with Crippen molar-refractivity contribution in [3.8, 4) is 0 Å². The van der Waals surface area contributed by atoms with Crippen LogP contribution in [-0.2, 0) is 0 Å². The van der Waals surface area contributed by atoms with Crippen molar-refractivity contribution in [2.75, 3.05) is 7.05 Å². The zero-order chi connectivity index (χ0) is 21.6. The molecule has 0 atom stereocenters. The van der Waals surface area contributed by atoms with Gasteiger partial charge in [-0.25, -0.2) is 4.99 Å². The highest BCUT2D eigenvalue weighted by Crippen LogP contribution is 2.30. The van der Waals surface area contributed by atoms with Gasteiger partial charge in [0.1, 0.15) is 0 Å². The molecule has 0 fully saturated rings. The van der Waals surface area contributed by atoms with Gasteiger partial charge in [-0.15, -0.1) is 0 Å². The number of nitrogens with zero attached hydrogens (tertiary/aromatic N) is 2. The largest absolute Gasteiger partial charge is 0.294 e. The van der Waals surface area contributed by atoms with Gasteiger partial charge in [0.15, 0.2) is 0 Å². The second-order valence-electron chi connectivity index (χ2n) is 7.57. The lowest BCUT2D eigenvalue weighted by molar-refractivity contribution is 1.39. The highest BCUT2D eigenvalue weighted by Gasteiger charge is 2.12. The van der Waals surface area contributed by atoms with Crippen LogP contribution in [0.3, 0.4) is 0 Å². The average Bonchev–Trinajstić information content (AvgIpc) is 2.82. The van der Waals surface area contributed by atoms with Crippen molar-refractivity contribution >= 4 is 34.0 Å². The van der Waals surface area contributed by atoms with Crippen LogP contribution in [0, 0.1) is 6.92 Å². The molecule has 2 heteroatoms. The number of aliphatic imine (C=N–C) groups is 2. The molecule has 152 valence electrons.